The lowest BCUT2D eigenvalue weighted by Gasteiger charge is -2.09. The molecule has 0 saturated heterocycles. The van der Waals surface area contributed by atoms with Gasteiger partial charge in [-0.1, -0.05) is 23.0 Å². The monoisotopic (exact) mass is 215 g/mol. The Kier molecular flexibility index (Phi) is 2.07. The summed E-state index contributed by atoms with van der Waals surface area (Å²) in [5, 5.41) is 0.676. The van der Waals surface area contributed by atoms with Gasteiger partial charge in [0.2, 0.25) is 0 Å². The highest BCUT2D eigenvalue weighted by atomic mass is 32.1. The number of benzene rings is 1. The van der Waals surface area contributed by atoms with Crippen molar-refractivity contribution in [3.8, 4) is 0 Å². The van der Waals surface area contributed by atoms with E-state index in [9.17, 15) is 12.9 Å². The van der Waals surface area contributed by atoms with Gasteiger partial charge in [0, 0.05) is 4.70 Å². The van der Waals surface area contributed by atoms with E-state index in [0.29, 0.717) is 10.1 Å². The molecular formula is C9H7BF3S-. The number of thiophene rings is 1. The van der Waals surface area contributed by atoms with Gasteiger partial charge in [-0.2, -0.15) is 11.3 Å². The van der Waals surface area contributed by atoms with Gasteiger partial charge < -0.3 is 12.9 Å². The molecule has 0 unspecified atom stereocenters. The highest BCUT2D eigenvalue weighted by molar-refractivity contribution is 7.29. The smallest absolute Gasteiger partial charge is 0.444 e. The van der Waals surface area contributed by atoms with Crippen molar-refractivity contribution in [2.75, 3.05) is 0 Å². The van der Waals surface area contributed by atoms with E-state index >= 15 is 0 Å². The molecule has 0 aliphatic carbocycles. The van der Waals surface area contributed by atoms with Crippen molar-refractivity contribution in [2.45, 2.75) is 6.92 Å². The van der Waals surface area contributed by atoms with Crippen LogP contribution in [0.2, 0.25) is 0 Å². The fraction of sp³-hybridized carbons (Fsp3) is 0.111. The zero-order valence-electron chi connectivity index (χ0n) is 7.43. The van der Waals surface area contributed by atoms with Crippen LogP contribution in [0.1, 0.15) is 5.56 Å². The molecule has 0 N–H and O–H groups in total. The van der Waals surface area contributed by atoms with E-state index in [0.717, 1.165) is 16.9 Å². The van der Waals surface area contributed by atoms with Crippen LogP contribution in [-0.2, 0) is 0 Å². The Morgan fingerprint density at radius 2 is 1.86 bits per heavy atom. The third kappa shape index (κ3) is 1.64. The first kappa shape index (κ1) is 9.58. The average Bonchev–Trinajstić information content (AvgIpc) is 2.45. The second kappa shape index (κ2) is 3.02. The van der Waals surface area contributed by atoms with Crippen LogP contribution in [0.5, 0.6) is 0 Å². The molecule has 14 heavy (non-hydrogen) atoms. The molecular weight excluding hydrogens is 208 g/mol. The Morgan fingerprint density at radius 3 is 2.50 bits per heavy atom. The third-order valence-electron chi connectivity index (χ3n) is 2.02. The standard InChI is InChI=1S/C9H7BF3S/c1-6-2-3-7-5-9(10(11,12)13)14-8(7)4-6/h2-5H,1H3/q-1. The summed E-state index contributed by atoms with van der Waals surface area (Å²) < 4.78 is 37.4. The lowest BCUT2D eigenvalue weighted by molar-refractivity contribution is 0.503. The van der Waals surface area contributed by atoms with E-state index in [1.54, 1.807) is 12.1 Å². The van der Waals surface area contributed by atoms with Crippen LogP contribution in [0.4, 0.5) is 12.9 Å². The average molecular weight is 215 g/mol. The molecule has 0 saturated carbocycles. The second-order valence-electron chi connectivity index (χ2n) is 3.26. The number of rotatable bonds is 1. The normalized spacial score (nSPS) is 12.3. The number of hydrogen-bond donors (Lipinski definition) is 0. The summed E-state index contributed by atoms with van der Waals surface area (Å²) in [6, 6.07) is 6.56. The maximum atomic E-state index is 12.4. The van der Waals surface area contributed by atoms with Crippen LogP contribution in [0.3, 0.4) is 0 Å². The molecule has 0 amide bonds. The first-order chi connectivity index (χ1) is 6.47. The van der Waals surface area contributed by atoms with Crippen molar-refractivity contribution in [1.82, 2.24) is 0 Å². The Bertz CT molecular complexity index is 472. The summed E-state index contributed by atoms with van der Waals surface area (Å²) in [4.78, 5) is 0. The zero-order chi connectivity index (χ0) is 10.3. The molecule has 0 bridgehead atoms. The quantitative estimate of drug-likeness (QED) is 0.640. The third-order valence-corrected chi connectivity index (χ3v) is 3.21. The van der Waals surface area contributed by atoms with Crippen LogP contribution < -0.4 is 4.78 Å². The highest BCUT2D eigenvalue weighted by Gasteiger charge is 2.27. The molecule has 0 fully saturated rings. The lowest BCUT2D eigenvalue weighted by Crippen LogP contribution is -2.30. The van der Waals surface area contributed by atoms with E-state index < -0.39 is 11.8 Å². The van der Waals surface area contributed by atoms with Gasteiger partial charge in [0.05, 0.1) is 0 Å². The molecule has 5 heteroatoms. The number of aryl methyl sites for hydroxylation is 1. The van der Waals surface area contributed by atoms with Crippen molar-refractivity contribution in [3.05, 3.63) is 29.8 Å². The van der Waals surface area contributed by atoms with E-state index in [1.165, 1.54) is 6.07 Å². The van der Waals surface area contributed by atoms with Gasteiger partial charge in [0.1, 0.15) is 0 Å². The predicted octanol–water partition coefficient (Wildman–Crippen LogP) is 3.26. The van der Waals surface area contributed by atoms with Crippen LogP contribution in [0, 0.1) is 6.92 Å². The summed E-state index contributed by atoms with van der Waals surface area (Å²) in [6.45, 7) is -2.98. The number of halogens is 3. The maximum absolute atomic E-state index is 12.4. The maximum Gasteiger partial charge on any atom is 0.519 e. The van der Waals surface area contributed by atoms with Gasteiger partial charge in [-0.25, -0.2) is 0 Å². The van der Waals surface area contributed by atoms with Crippen LogP contribution in [0.25, 0.3) is 10.1 Å². The Balaban J connectivity index is 2.63. The van der Waals surface area contributed by atoms with Gasteiger partial charge >= 0.3 is 6.98 Å². The van der Waals surface area contributed by atoms with Crippen molar-refractivity contribution in [1.29, 1.82) is 0 Å². The van der Waals surface area contributed by atoms with Crippen LogP contribution in [0.15, 0.2) is 24.3 Å². The molecule has 1 heterocycles. The van der Waals surface area contributed by atoms with Crippen molar-refractivity contribution < 1.29 is 12.9 Å². The predicted molar refractivity (Wildman–Crippen MR) is 55.3 cm³/mol. The van der Waals surface area contributed by atoms with Gasteiger partial charge in [-0.15, -0.1) is 0 Å². The fourth-order valence-electron chi connectivity index (χ4n) is 1.32. The molecule has 0 aliphatic rings. The number of hydrogen-bond acceptors (Lipinski definition) is 1. The Labute approximate surface area is 83.4 Å². The van der Waals surface area contributed by atoms with Crippen molar-refractivity contribution >= 4 is 33.2 Å². The molecule has 0 aliphatic heterocycles. The minimum absolute atomic E-state index is 0.467. The molecule has 2 aromatic rings. The molecule has 0 atom stereocenters. The Hall–Kier alpha value is -0.965. The molecule has 1 aromatic heterocycles. The second-order valence-corrected chi connectivity index (χ2v) is 4.38. The molecule has 0 spiro atoms. The first-order valence-electron chi connectivity index (χ1n) is 4.17. The Morgan fingerprint density at radius 1 is 1.14 bits per heavy atom. The topological polar surface area (TPSA) is 0 Å². The minimum atomic E-state index is -4.85. The van der Waals surface area contributed by atoms with E-state index in [2.05, 4.69) is 0 Å². The summed E-state index contributed by atoms with van der Waals surface area (Å²) in [5.74, 6) is 0. The first-order valence-corrected chi connectivity index (χ1v) is 4.98. The van der Waals surface area contributed by atoms with E-state index in [1.807, 2.05) is 13.0 Å². The lowest BCUT2D eigenvalue weighted by atomic mass is 9.89. The molecule has 0 nitrogen and oxygen atoms in total. The minimum Gasteiger partial charge on any atom is -0.444 e. The van der Waals surface area contributed by atoms with Gasteiger partial charge in [0.25, 0.3) is 0 Å². The van der Waals surface area contributed by atoms with E-state index in [4.69, 9.17) is 0 Å². The SMILES string of the molecule is Cc1ccc2cc([B-](F)(F)F)sc2c1. The summed E-state index contributed by atoms with van der Waals surface area (Å²) in [5.41, 5.74) is 0.987. The summed E-state index contributed by atoms with van der Waals surface area (Å²) in [7, 11) is 0. The van der Waals surface area contributed by atoms with Gasteiger partial charge in [0.15, 0.2) is 0 Å². The van der Waals surface area contributed by atoms with Gasteiger partial charge in [-0.05, 0) is 23.9 Å². The van der Waals surface area contributed by atoms with Crippen molar-refractivity contribution in [2.24, 2.45) is 0 Å². The molecule has 1 aromatic carbocycles. The zero-order valence-corrected chi connectivity index (χ0v) is 8.25. The molecule has 74 valence electrons. The largest absolute Gasteiger partial charge is 0.519 e. The molecule has 2 rings (SSSR count). The van der Waals surface area contributed by atoms with Crippen molar-refractivity contribution in [3.63, 3.8) is 0 Å². The highest BCUT2D eigenvalue weighted by Crippen LogP contribution is 2.24. The van der Waals surface area contributed by atoms with Crippen LogP contribution >= 0.6 is 11.3 Å². The summed E-state index contributed by atoms with van der Waals surface area (Å²) >= 11 is 0.821. The van der Waals surface area contributed by atoms with Crippen LogP contribution in [-0.4, -0.2) is 6.98 Å². The number of fused-ring (bicyclic) bond motifs is 1. The molecule has 0 radical (unpaired) electrons. The summed E-state index contributed by atoms with van der Waals surface area (Å²) in [6.07, 6.45) is 0. The van der Waals surface area contributed by atoms with E-state index in [-0.39, 0.29) is 0 Å². The van der Waals surface area contributed by atoms with Gasteiger partial charge in [-0.3, -0.25) is 0 Å². The fourth-order valence-corrected chi connectivity index (χ4v) is 2.38.